The van der Waals surface area contributed by atoms with Gasteiger partial charge in [-0.3, -0.25) is 4.40 Å². The van der Waals surface area contributed by atoms with Gasteiger partial charge >= 0.3 is 0 Å². The van der Waals surface area contributed by atoms with Gasteiger partial charge in [0.2, 0.25) is 0 Å². The summed E-state index contributed by atoms with van der Waals surface area (Å²) in [7, 11) is -1.67. The summed E-state index contributed by atoms with van der Waals surface area (Å²) in [5.74, 6) is 0.921. The smallest absolute Gasteiger partial charge is 0.276 e. The Morgan fingerprint density at radius 2 is 1.86 bits per heavy atom. The number of aromatic nitrogens is 3. The summed E-state index contributed by atoms with van der Waals surface area (Å²) in [5.41, 5.74) is 4.62. The Labute approximate surface area is 208 Å². The molecule has 184 valence electrons. The van der Waals surface area contributed by atoms with Crippen molar-refractivity contribution in [3.63, 3.8) is 0 Å². The summed E-state index contributed by atoms with van der Waals surface area (Å²) in [5, 5.41) is 8.08. The lowest BCUT2D eigenvalue weighted by Gasteiger charge is -2.30. The second-order valence-electron chi connectivity index (χ2n) is 8.73. The Kier molecular flexibility index (Phi) is 6.34. The molecule has 1 saturated heterocycles. The zero-order valence-electron chi connectivity index (χ0n) is 19.6. The van der Waals surface area contributed by atoms with Crippen LogP contribution in [0.15, 0.2) is 48.0 Å². The number of nitrogens with two attached hydrogens (primary N) is 1. The van der Waals surface area contributed by atoms with Crippen LogP contribution in [0.25, 0.3) is 16.9 Å². The molecular formula is C24H27FN6O2S2. The lowest BCUT2D eigenvalue weighted by atomic mass is 9.91. The number of piperidine rings is 1. The van der Waals surface area contributed by atoms with E-state index in [1.807, 2.05) is 23.4 Å². The van der Waals surface area contributed by atoms with Gasteiger partial charge in [0.15, 0.2) is 5.13 Å². The van der Waals surface area contributed by atoms with E-state index in [4.69, 9.17) is 15.1 Å². The van der Waals surface area contributed by atoms with Crippen molar-refractivity contribution < 1.29 is 12.8 Å². The van der Waals surface area contributed by atoms with Crippen LogP contribution in [0, 0.1) is 5.82 Å². The summed E-state index contributed by atoms with van der Waals surface area (Å²) in [6, 6.07) is 10.4. The van der Waals surface area contributed by atoms with Crippen molar-refractivity contribution in [3.8, 4) is 11.3 Å². The topological polar surface area (TPSA) is 96.8 Å². The number of hydrogen-bond acceptors (Lipinski definition) is 6. The van der Waals surface area contributed by atoms with E-state index in [0.29, 0.717) is 13.1 Å². The predicted molar refractivity (Wildman–Crippen MR) is 137 cm³/mol. The molecule has 0 bridgehead atoms. The van der Waals surface area contributed by atoms with Crippen LogP contribution in [0.2, 0.25) is 0 Å². The number of anilines is 2. The maximum absolute atomic E-state index is 13.3. The third-order valence-electron chi connectivity index (χ3n) is 6.54. The van der Waals surface area contributed by atoms with Crippen molar-refractivity contribution in [2.45, 2.75) is 32.1 Å². The second kappa shape index (κ2) is 9.30. The Bertz CT molecular complexity index is 1460. The zero-order valence-corrected chi connectivity index (χ0v) is 21.2. The lowest BCUT2D eigenvalue weighted by Crippen LogP contribution is -2.41. The Morgan fingerprint density at radius 1 is 1.14 bits per heavy atom. The molecule has 0 saturated carbocycles. The number of nitrogens with zero attached hydrogens (tertiary/aromatic N) is 5. The lowest BCUT2D eigenvalue weighted by molar-refractivity contribution is 0.319. The maximum atomic E-state index is 13.3. The van der Waals surface area contributed by atoms with Crippen LogP contribution in [0.5, 0.6) is 0 Å². The number of thiazole rings is 1. The number of rotatable bonds is 6. The Morgan fingerprint density at radius 3 is 2.51 bits per heavy atom. The highest BCUT2D eigenvalue weighted by Crippen LogP contribution is 2.35. The van der Waals surface area contributed by atoms with Gasteiger partial charge in [0, 0.05) is 37.3 Å². The number of imidazole rings is 1. The van der Waals surface area contributed by atoms with Crippen LogP contribution >= 0.6 is 11.3 Å². The molecule has 0 unspecified atom stereocenters. The summed E-state index contributed by atoms with van der Waals surface area (Å²) >= 11 is 1.52. The van der Waals surface area contributed by atoms with E-state index in [1.165, 1.54) is 27.8 Å². The normalized spacial score (nSPS) is 15.7. The van der Waals surface area contributed by atoms with E-state index < -0.39 is 10.2 Å². The molecular weight excluding hydrogens is 487 g/mol. The molecule has 0 radical (unpaired) electrons. The van der Waals surface area contributed by atoms with Crippen LogP contribution < -0.4 is 10.0 Å². The maximum Gasteiger partial charge on any atom is 0.276 e. The van der Waals surface area contributed by atoms with E-state index >= 15 is 0 Å². The van der Waals surface area contributed by atoms with Crippen LogP contribution in [-0.2, 0) is 16.6 Å². The van der Waals surface area contributed by atoms with Crippen LogP contribution in [0.1, 0.15) is 36.9 Å². The minimum atomic E-state index is -3.65. The molecule has 1 fully saturated rings. The number of fused-ring (bicyclic) bond motifs is 1. The monoisotopic (exact) mass is 514 g/mol. The summed E-state index contributed by atoms with van der Waals surface area (Å²) < 4.78 is 40.1. The number of halogens is 1. The highest BCUT2D eigenvalue weighted by molar-refractivity contribution is 7.86. The SMILES string of the molecule is CCc1nc2ccc(C3CCN(S(N)(=O)=O)CC3)cn2c1N(C)c1nc(-c2ccc(F)cc2)cs1. The van der Waals surface area contributed by atoms with Crippen LogP contribution in [0.4, 0.5) is 15.3 Å². The fourth-order valence-electron chi connectivity index (χ4n) is 4.64. The third kappa shape index (κ3) is 4.68. The van der Waals surface area contributed by atoms with Gasteiger partial charge in [-0.1, -0.05) is 13.0 Å². The fraction of sp³-hybridized carbons (Fsp3) is 0.333. The molecule has 1 aliphatic rings. The number of aryl methyl sites for hydroxylation is 1. The molecule has 0 spiro atoms. The van der Waals surface area contributed by atoms with Gasteiger partial charge in [-0.15, -0.1) is 11.3 Å². The van der Waals surface area contributed by atoms with E-state index in [2.05, 4.69) is 23.6 Å². The Balaban J connectivity index is 1.46. The standard InChI is InChI=1S/C24H27FN6O2S2/c1-3-20-23(29(2)24-28-21(15-34-24)17-4-7-19(25)8-5-17)31-14-18(6-9-22(31)27-20)16-10-12-30(13-11-16)35(26,32)33/h4-9,14-16H,3,10-13H2,1-2H3,(H2,26,32,33). The molecule has 5 rings (SSSR count). The molecule has 1 aromatic carbocycles. The average Bonchev–Trinajstić information content (AvgIpc) is 3.48. The van der Waals surface area contributed by atoms with Crippen molar-refractivity contribution in [2.24, 2.45) is 5.14 Å². The largest absolute Gasteiger partial charge is 0.305 e. The second-order valence-corrected chi connectivity index (χ2v) is 11.1. The highest BCUT2D eigenvalue weighted by atomic mass is 32.2. The Hall–Kier alpha value is -2.86. The van der Waals surface area contributed by atoms with Crippen molar-refractivity contribution >= 4 is 38.1 Å². The molecule has 0 atom stereocenters. The van der Waals surface area contributed by atoms with E-state index in [9.17, 15) is 12.8 Å². The molecule has 0 amide bonds. The van der Waals surface area contributed by atoms with Crippen LogP contribution in [0.3, 0.4) is 0 Å². The van der Waals surface area contributed by atoms with E-state index in [0.717, 1.165) is 58.4 Å². The van der Waals surface area contributed by atoms with Gasteiger partial charge in [-0.05, 0) is 61.1 Å². The first-order valence-electron chi connectivity index (χ1n) is 11.5. The van der Waals surface area contributed by atoms with E-state index in [1.54, 1.807) is 12.1 Å². The number of pyridine rings is 1. The third-order valence-corrected chi connectivity index (χ3v) is 8.54. The summed E-state index contributed by atoms with van der Waals surface area (Å²) in [4.78, 5) is 11.7. The molecule has 2 N–H and O–H groups in total. The van der Waals surface area contributed by atoms with Crippen molar-refractivity contribution in [2.75, 3.05) is 25.0 Å². The first kappa shape index (κ1) is 23.9. The molecule has 4 aromatic rings. The van der Waals surface area contributed by atoms with Gasteiger partial charge in [-0.25, -0.2) is 19.5 Å². The summed E-state index contributed by atoms with van der Waals surface area (Å²) in [6.45, 7) is 2.92. The number of benzene rings is 1. The molecule has 4 heterocycles. The molecule has 8 nitrogen and oxygen atoms in total. The average molecular weight is 515 g/mol. The van der Waals surface area contributed by atoms with Gasteiger partial charge in [-0.2, -0.15) is 12.7 Å². The molecule has 3 aromatic heterocycles. The minimum Gasteiger partial charge on any atom is -0.305 e. The minimum absolute atomic E-state index is 0.243. The van der Waals surface area contributed by atoms with Crippen molar-refractivity contribution in [3.05, 3.63) is 65.0 Å². The first-order valence-corrected chi connectivity index (χ1v) is 13.9. The van der Waals surface area contributed by atoms with Gasteiger partial charge < -0.3 is 4.90 Å². The quantitative estimate of drug-likeness (QED) is 0.414. The fourth-order valence-corrected chi connectivity index (χ4v) is 6.16. The first-order chi connectivity index (χ1) is 16.7. The van der Waals surface area contributed by atoms with Crippen molar-refractivity contribution in [1.82, 2.24) is 18.7 Å². The molecule has 1 aliphatic heterocycles. The molecule has 35 heavy (non-hydrogen) atoms. The van der Waals surface area contributed by atoms with Gasteiger partial charge in [0.1, 0.15) is 17.3 Å². The summed E-state index contributed by atoms with van der Waals surface area (Å²) in [6.07, 6.45) is 4.31. The van der Waals surface area contributed by atoms with Gasteiger partial charge in [0.25, 0.3) is 10.2 Å². The molecule has 0 aliphatic carbocycles. The predicted octanol–water partition coefficient (Wildman–Crippen LogP) is 4.31. The number of hydrogen-bond donors (Lipinski definition) is 1. The van der Waals surface area contributed by atoms with Crippen LogP contribution in [-0.4, -0.2) is 47.2 Å². The van der Waals surface area contributed by atoms with Crippen molar-refractivity contribution in [1.29, 1.82) is 0 Å². The highest BCUT2D eigenvalue weighted by Gasteiger charge is 2.27. The zero-order chi connectivity index (χ0) is 24.7. The molecule has 11 heteroatoms. The van der Waals surface area contributed by atoms with E-state index in [-0.39, 0.29) is 11.7 Å². The van der Waals surface area contributed by atoms with Gasteiger partial charge in [0.05, 0.1) is 11.4 Å².